The Morgan fingerprint density at radius 1 is 1.41 bits per heavy atom. The maximum atomic E-state index is 5.92. The highest BCUT2D eigenvalue weighted by molar-refractivity contribution is 5.62. The molecule has 0 saturated carbocycles. The number of nitrogens with zero attached hydrogens (tertiary/aromatic N) is 4. The summed E-state index contributed by atoms with van der Waals surface area (Å²) in [7, 11) is 3.88. The molecule has 0 spiro atoms. The molecule has 0 aromatic carbocycles. The minimum absolute atomic E-state index is 0.696. The zero-order chi connectivity index (χ0) is 12.4. The molecule has 0 radical (unpaired) electrons. The molecule has 5 nitrogen and oxygen atoms in total. The van der Waals surface area contributed by atoms with Crippen molar-refractivity contribution in [2.45, 2.75) is 13.5 Å². The molecule has 0 unspecified atom stereocenters. The Labute approximate surface area is 101 Å². The number of aromatic nitrogens is 3. The molecule has 0 fully saturated rings. The first-order valence-electron chi connectivity index (χ1n) is 5.48. The fourth-order valence-corrected chi connectivity index (χ4v) is 1.76. The Morgan fingerprint density at radius 2 is 2.18 bits per heavy atom. The van der Waals surface area contributed by atoms with Crippen molar-refractivity contribution in [3.8, 4) is 0 Å². The number of aryl methyl sites for hydroxylation is 2. The third-order valence-corrected chi connectivity index (χ3v) is 2.58. The van der Waals surface area contributed by atoms with Gasteiger partial charge in [0.15, 0.2) is 5.82 Å². The van der Waals surface area contributed by atoms with E-state index in [0.717, 1.165) is 23.6 Å². The van der Waals surface area contributed by atoms with E-state index >= 15 is 0 Å². The van der Waals surface area contributed by atoms with Crippen LogP contribution < -0.4 is 10.6 Å². The minimum atomic E-state index is 0.696. The van der Waals surface area contributed by atoms with E-state index in [1.165, 1.54) is 0 Å². The summed E-state index contributed by atoms with van der Waals surface area (Å²) in [4.78, 5) is 6.48. The first-order valence-corrected chi connectivity index (χ1v) is 5.48. The van der Waals surface area contributed by atoms with Crippen LogP contribution in [-0.4, -0.2) is 21.8 Å². The summed E-state index contributed by atoms with van der Waals surface area (Å²) in [6.07, 6.45) is 3.84. The van der Waals surface area contributed by atoms with Gasteiger partial charge in [-0.05, 0) is 19.1 Å². The Bertz CT molecular complexity index is 517. The van der Waals surface area contributed by atoms with Crippen LogP contribution in [0.25, 0.3) is 0 Å². The average Bonchev–Trinajstić information content (AvgIpc) is 2.67. The van der Waals surface area contributed by atoms with E-state index in [1.54, 1.807) is 4.68 Å². The fraction of sp³-hybridized carbons (Fsp3) is 0.333. The molecule has 2 aromatic heterocycles. The van der Waals surface area contributed by atoms with E-state index in [1.807, 2.05) is 50.4 Å². The van der Waals surface area contributed by atoms with E-state index in [0.29, 0.717) is 5.69 Å². The van der Waals surface area contributed by atoms with Gasteiger partial charge in [0.25, 0.3) is 0 Å². The smallest absolute Gasteiger partial charge is 0.152 e. The molecule has 5 heteroatoms. The maximum absolute atomic E-state index is 5.92. The fourth-order valence-electron chi connectivity index (χ4n) is 1.76. The summed E-state index contributed by atoms with van der Waals surface area (Å²) < 4.78 is 1.79. The van der Waals surface area contributed by atoms with E-state index in [4.69, 9.17) is 5.73 Å². The number of nitrogen functional groups attached to an aromatic ring is 1. The molecular formula is C12H17N5. The van der Waals surface area contributed by atoms with Crippen LogP contribution >= 0.6 is 0 Å². The largest absolute Gasteiger partial charge is 0.396 e. The molecule has 2 rings (SSSR count). The molecule has 2 aromatic rings. The maximum Gasteiger partial charge on any atom is 0.152 e. The molecule has 90 valence electrons. The van der Waals surface area contributed by atoms with Gasteiger partial charge in [-0.3, -0.25) is 4.68 Å². The minimum Gasteiger partial charge on any atom is -0.396 e. The molecule has 2 N–H and O–H groups in total. The van der Waals surface area contributed by atoms with Crippen molar-refractivity contribution in [3.63, 3.8) is 0 Å². The summed E-state index contributed by atoms with van der Waals surface area (Å²) in [6, 6.07) is 3.80. The lowest BCUT2D eigenvalue weighted by Gasteiger charge is -2.19. The molecule has 0 saturated heterocycles. The monoisotopic (exact) mass is 231 g/mol. The molecule has 0 aliphatic rings. The van der Waals surface area contributed by atoms with Gasteiger partial charge in [-0.15, -0.1) is 0 Å². The summed E-state index contributed by atoms with van der Waals surface area (Å²) in [5.41, 5.74) is 8.72. The second-order valence-electron chi connectivity index (χ2n) is 4.24. The van der Waals surface area contributed by atoms with Crippen LogP contribution in [-0.2, 0) is 13.6 Å². The van der Waals surface area contributed by atoms with Crippen LogP contribution in [0.3, 0.4) is 0 Å². The highest BCUT2D eigenvalue weighted by Crippen LogP contribution is 2.20. The number of nitrogens with two attached hydrogens (primary N) is 1. The molecule has 0 atom stereocenters. The van der Waals surface area contributed by atoms with Crippen LogP contribution in [0.5, 0.6) is 0 Å². The van der Waals surface area contributed by atoms with Gasteiger partial charge in [-0.25, -0.2) is 4.98 Å². The predicted molar refractivity (Wildman–Crippen MR) is 68.7 cm³/mol. The normalized spacial score (nSPS) is 10.5. The molecule has 0 aliphatic carbocycles. The van der Waals surface area contributed by atoms with Gasteiger partial charge in [0.2, 0.25) is 0 Å². The van der Waals surface area contributed by atoms with Crippen LogP contribution in [0.1, 0.15) is 11.3 Å². The van der Waals surface area contributed by atoms with E-state index in [-0.39, 0.29) is 0 Å². The molecule has 0 bridgehead atoms. The lowest BCUT2D eigenvalue weighted by atomic mass is 10.3. The van der Waals surface area contributed by atoms with Crippen LogP contribution in [0.2, 0.25) is 0 Å². The predicted octanol–water partition coefficient (Wildman–Crippen LogP) is 1.34. The van der Waals surface area contributed by atoms with Crippen molar-refractivity contribution in [1.29, 1.82) is 0 Å². The van der Waals surface area contributed by atoms with Crippen LogP contribution in [0, 0.1) is 6.92 Å². The molecule has 2 heterocycles. The number of rotatable bonds is 3. The Balaban J connectivity index is 2.19. The van der Waals surface area contributed by atoms with Gasteiger partial charge in [-0.1, -0.05) is 0 Å². The zero-order valence-electron chi connectivity index (χ0n) is 10.4. The first kappa shape index (κ1) is 11.4. The van der Waals surface area contributed by atoms with Crippen molar-refractivity contribution in [1.82, 2.24) is 14.8 Å². The van der Waals surface area contributed by atoms with E-state index < -0.39 is 0 Å². The van der Waals surface area contributed by atoms with Crippen LogP contribution in [0.4, 0.5) is 11.5 Å². The Kier molecular flexibility index (Phi) is 2.99. The van der Waals surface area contributed by atoms with Gasteiger partial charge in [0, 0.05) is 38.1 Å². The number of hydrogen-bond donors (Lipinski definition) is 1. The highest BCUT2D eigenvalue weighted by Gasteiger charge is 2.08. The quantitative estimate of drug-likeness (QED) is 0.866. The van der Waals surface area contributed by atoms with Crippen molar-refractivity contribution in [2.24, 2.45) is 7.05 Å². The lowest BCUT2D eigenvalue weighted by Crippen LogP contribution is -2.19. The van der Waals surface area contributed by atoms with E-state index in [2.05, 4.69) is 10.1 Å². The average molecular weight is 231 g/mol. The van der Waals surface area contributed by atoms with Gasteiger partial charge < -0.3 is 10.6 Å². The van der Waals surface area contributed by atoms with Crippen molar-refractivity contribution in [2.75, 3.05) is 17.7 Å². The second kappa shape index (κ2) is 4.45. The second-order valence-corrected chi connectivity index (χ2v) is 4.24. The molecule has 0 amide bonds. The SMILES string of the molecule is Cc1ccc(N)c(N(C)Cc2cnn(C)c2)n1. The number of pyridine rings is 1. The number of anilines is 2. The van der Waals surface area contributed by atoms with Crippen molar-refractivity contribution >= 4 is 11.5 Å². The van der Waals surface area contributed by atoms with Gasteiger partial charge in [0.1, 0.15) is 0 Å². The van der Waals surface area contributed by atoms with Gasteiger partial charge in [-0.2, -0.15) is 5.10 Å². The van der Waals surface area contributed by atoms with Crippen LogP contribution in [0.15, 0.2) is 24.5 Å². The summed E-state index contributed by atoms with van der Waals surface area (Å²) >= 11 is 0. The molecular weight excluding hydrogens is 214 g/mol. The lowest BCUT2D eigenvalue weighted by molar-refractivity contribution is 0.766. The highest BCUT2D eigenvalue weighted by atomic mass is 15.2. The Morgan fingerprint density at radius 3 is 2.82 bits per heavy atom. The standard InChI is InChI=1S/C12H17N5/c1-9-4-5-11(13)12(15-9)16(2)7-10-6-14-17(3)8-10/h4-6,8H,7,13H2,1-3H3. The van der Waals surface area contributed by atoms with Gasteiger partial charge >= 0.3 is 0 Å². The van der Waals surface area contributed by atoms with Crippen molar-refractivity contribution < 1.29 is 0 Å². The Hall–Kier alpha value is -2.04. The molecule has 0 aliphatic heterocycles. The van der Waals surface area contributed by atoms with Gasteiger partial charge in [0.05, 0.1) is 11.9 Å². The topological polar surface area (TPSA) is 60.0 Å². The van der Waals surface area contributed by atoms with Crippen molar-refractivity contribution in [3.05, 3.63) is 35.8 Å². The van der Waals surface area contributed by atoms with E-state index in [9.17, 15) is 0 Å². The summed E-state index contributed by atoms with van der Waals surface area (Å²) in [5, 5.41) is 4.14. The first-order chi connectivity index (χ1) is 8.06. The zero-order valence-corrected chi connectivity index (χ0v) is 10.4. The molecule has 17 heavy (non-hydrogen) atoms. The third kappa shape index (κ3) is 2.55. The summed E-state index contributed by atoms with van der Waals surface area (Å²) in [5.74, 6) is 0.814. The summed E-state index contributed by atoms with van der Waals surface area (Å²) in [6.45, 7) is 2.70. The third-order valence-electron chi connectivity index (χ3n) is 2.58. The number of hydrogen-bond acceptors (Lipinski definition) is 4.